The highest BCUT2D eigenvalue weighted by Gasteiger charge is 2.21. The fourth-order valence-corrected chi connectivity index (χ4v) is 3.14. The van der Waals surface area contributed by atoms with Crippen molar-refractivity contribution < 1.29 is 14.3 Å². The monoisotopic (exact) mass is 325 g/mol. The lowest BCUT2D eigenvalue weighted by Gasteiger charge is -2.24. The first kappa shape index (κ1) is 16.5. The van der Waals surface area contributed by atoms with E-state index in [4.69, 9.17) is 4.74 Å². The first-order valence-electron chi connectivity index (χ1n) is 8.43. The minimum Gasteiger partial charge on any atom is -0.452 e. The Morgan fingerprint density at radius 2 is 1.83 bits per heavy atom. The Balaban J connectivity index is 1.75. The van der Waals surface area contributed by atoms with Crippen LogP contribution in [0.1, 0.15) is 48.7 Å². The molecule has 0 radical (unpaired) electrons. The molecule has 1 aliphatic rings. The van der Waals surface area contributed by atoms with Crippen LogP contribution in [-0.4, -0.2) is 24.0 Å². The second kappa shape index (κ2) is 6.27. The van der Waals surface area contributed by atoms with Gasteiger partial charge in [-0.3, -0.25) is 4.79 Å². The average molecular weight is 325 g/mol. The molecule has 0 saturated heterocycles. The molecular weight excluding hydrogens is 302 g/mol. The highest BCUT2D eigenvalue weighted by Crippen LogP contribution is 2.32. The fourth-order valence-electron chi connectivity index (χ4n) is 3.14. The van der Waals surface area contributed by atoms with Crippen molar-refractivity contribution in [3.05, 3.63) is 47.0 Å². The fraction of sp³-hybridized carbons (Fsp3) is 0.400. The molecular formula is C20H23NO3. The Kier molecular flexibility index (Phi) is 4.31. The predicted molar refractivity (Wildman–Crippen MR) is 94.2 cm³/mol. The molecule has 0 bridgehead atoms. The van der Waals surface area contributed by atoms with Gasteiger partial charge in [-0.2, -0.15) is 0 Å². The summed E-state index contributed by atoms with van der Waals surface area (Å²) >= 11 is 0. The molecule has 3 rings (SSSR count). The van der Waals surface area contributed by atoms with Gasteiger partial charge in [0.25, 0.3) is 5.91 Å². The molecule has 4 nitrogen and oxygen atoms in total. The maximum Gasteiger partial charge on any atom is 0.339 e. The molecule has 126 valence electrons. The normalized spacial score (nSPS) is 13.1. The van der Waals surface area contributed by atoms with Crippen LogP contribution >= 0.6 is 0 Å². The molecule has 1 amide bonds. The van der Waals surface area contributed by atoms with Crippen molar-refractivity contribution in [1.29, 1.82) is 0 Å². The van der Waals surface area contributed by atoms with Gasteiger partial charge in [-0.25, -0.2) is 4.79 Å². The Morgan fingerprint density at radius 3 is 2.54 bits per heavy atom. The predicted octanol–water partition coefficient (Wildman–Crippen LogP) is 3.40. The van der Waals surface area contributed by atoms with Crippen LogP contribution < -0.4 is 5.32 Å². The molecule has 1 N–H and O–H groups in total. The lowest BCUT2D eigenvalue weighted by molar-refractivity contribution is -0.125. The van der Waals surface area contributed by atoms with Crippen LogP contribution in [0.3, 0.4) is 0 Å². The minimum atomic E-state index is -0.449. The van der Waals surface area contributed by atoms with Crippen LogP contribution in [0.4, 0.5) is 0 Å². The van der Waals surface area contributed by atoms with E-state index in [0.717, 1.165) is 24.6 Å². The maximum absolute atomic E-state index is 12.4. The number of carbonyl (C=O) groups excluding carboxylic acids is 2. The van der Waals surface area contributed by atoms with Crippen LogP contribution in [0, 0.1) is 0 Å². The highest BCUT2D eigenvalue weighted by molar-refractivity contribution is 6.07. The molecule has 0 aromatic heterocycles. The largest absolute Gasteiger partial charge is 0.452 e. The number of ether oxygens (including phenoxy) is 1. The highest BCUT2D eigenvalue weighted by atomic mass is 16.5. The van der Waals surface area contributed by atoms with Crippen LogP contribution in [0.5, 0.6) is 0 Å². The summed E-state index contributed by atoms with van der Waals surface area (Å²) in [5.74, 6) is -0.726. The van der Waals surface area contributed by atoms with E-state index < -0.39 is 5.97 Å². The Bertz CT molecular complexity index is 798. The number of amides is 1. The summed E-state index contributed by atoms with van der Waals surface area (Å²) in [6, 6.07) is 9.83. The van der Waals surface area contributed by atoms with E-state index >= 15 is 0 Å². The number of esters is 1. The molecule has 0 saturated carbocycles. The van der Waals surface area contributed by atoms with Gasteiger partial charge < -0.3 is 10.1 Å². The number of hydrogen-bond acceptors (Lipinski definition) is 3. The molecule has 1 aliphatic carbocycles. The molecule has 0 spiro atoms. The van der Waals surface area contributed by atoms with Crippen LogP contribution in [-0.2, 0) is 22.4 Å². The molecule has 0 unspecified atom stereocenters. The average Bonchev–Trinajstić information content (AvgIpc) is 2.98. The van der Waals surface area contributed by atoms with Gasteiger partial charge in [0.15, 0.2) is 6.61 Å². The Morgan fingerprint density at radius 1 is 1.12 bits per heavy atom. The topological polar surface area (TPSA) is 55.4 Å². The van der Waals surface area contributed by atoms with Gasteiger partial charge in [-0.1, -0.05) is 31.2 Å². The number of rotatable bonds is 5. The summed E-state index contributed by atoms with van der Waals surface area (Å²) in [6.07, 6.45) is 2.83. The number of carbonyl (C=O) groups is 2. The van der Waals surface area contributed by atoms with E-state index in [1.807, 2.05) is 45.0 Å². The smallest absolute Gasteiger partial charge is 0.339 e. The number of hydrogen-bond donors (Lipinski definition) is 1. The summed E-state index contributed by atoms with van der Waals surface area (Å²) < 4.78 is 5.24. The van der Waals surface area contributed by atoms with Crippen molar-refractivity contribution in [2.75, 3.05) is 6.61 Å². The van der Waals surface area contributed by atoms with E-state index in [1.54, 1.807) is 0 Å². The molecule has 0 atom stereocenters. The third kappa shape index (κ3) is 3.14. The van der Waals surface area contributed by atoms with E-state index in [0.29, 0.717) is 5.56 Å². The first-order chi connectivity index (χ1) is 11.4. The van der Waals surface area contributed by atoms with Gasteiger partial charge in [0, 0.05) is 5.54 Å². The second-order valence-electron chi connectivity index (χ2n) is 6.97. The lowest BCUT2D eigenvalue weighted by atomic mass is 10.00. The third-order valence-corrected chi connectivity index (χ3v) is 4.79. The zero-order valence-corrected chi connectivity index (χ0v) is 14.4. The Hall–Kier alpha value is -2.36. The molecule has 0 heterocycles. The Labute approximate surface area is 142 Å². The van der Waals surface area contributed by atoms with Crippen molar-refractivity contribution in [2.45, 2.75) is 45.6 Å². The molecule has 0 fully saturated rings. The standard InChI is InChI=1S/C20H23NO3/c1-4-20(2,3)21-17(22)12-24-19(23)16-11-10-14-9-8-13-6-5-7-15(16)18(13)14/h5-7,10-11H,4,8-9,12H2,1-3H3,(H,21,22). The summed E-state index contributed by atoms with van der Waals surface area (Å²) in [6.45, 7) is 5.62. The van der Waals surface area contributed by atoms with Crippen molar-refractivity contribution in [3.8, 4) is 0 Å². The lowest BCUT2D eigenvalue weighted by Crippen LogP contribution is -2.44. The van der Waals surface area contributed by atoms with E-state index in [-0.39, 0.29) is 18.1 Å². The second-order valence-corrected chi connectivity index (χ2v) is 6.97. The van der Waals surface area contributed by atoms with Gasteiger partial charge in [0.2, 0.25) is 0 Å². The zero-order chi connectivity index (χ0) is 17.3. The zero-order valence-electron chi connectivity index (χ0n) is 14.4. The van der Waals surface area contributed by atoms with Gasteiger partial charge in [-0.05, 0) is 61.1 Å². The molecule has 2 aromatic rings. The number of aryl methyl sites for hydroxylation is 2. The summed E-state index contributed by atoms with van der Waals surface area (Å²) in [4.78, 5) is 24.4. The maximum atomic E-state index is 12.4. The number of benzene rings is 2. The molecule has 24 heavy (non-hydrogen) atoms. The third-order valence-electron chi connectivity index (χ3n) is 4.79. The van der Waals surface area contributed by atoms with Gasteiger partial charge >= 0.3 is 5.97 Å². The van der Waals surface area contributed by atoms with Crippen LogP contribution in [0.15, 0.2) is 30.3 Å². The number of nitrogens with one attached hydrogen (secondary N) is 1. The molecule has 0 aliphatic heterocycles. The first-order valence-corrected chi connectivity index (χ1v) is 8.43. The van der Waals surface area contributed by atoms with Crippen molar-refractivity contribution in [3.63, 3.8) is 0 Å². The van der Waals surface area contributed by atoms with E-state index in [9.17, 15) is 9.59 Å². The van der Waals surface area contributed by atoms with Crippen molar-refractivity contribution >= 4 is 22.6 Å². The van der Waals surface area contributed by atoms with Gasteiger partial charge in [0.05, 0.1) is 5.56 Å². The van der Waals surface area contributed by atoms with Crippen LogP contribution in [0.2, 0.25) is 0 Å². The van der Waals surface area contributed by atoms with E-state index in [2.05, 4.69) is 11.4 Å². The summed E-state index contributed by atoms with van der Waals surface area (Å²) in [7, 11) is 0. The SMILES string of the molecule is CCC(C)(C)NC(=O)COC(=O)c1ccc2c3c(cccc13)CC2. The van der Waals surface area contributed by atoms with Crippen molar-refractivity contribution in [2.24, 2.45) is 0 Å². The van der Waals surface area contributed by atoms with Crippen LogP contribution in [0.25, 0.3) is 10.8 Å². The van der Waals surface area contributed by atoms with Crippen molar-refractivity contribution in [1.82, 2.24) is 5.32 Å². The van der Waals surface area contributed by atoms with Gasteiger partial charge in [-0.15, -0.1) is 0 Å². The quantitative estimate of drug-likeness (QED) is 0.857. The summed E-state index contributed by atoms with van der Waals surface area (Å²) in [5.41, 5.74) is 2.78. The summed E-state index contributed by atoms with van der Waals surface area (Å²) in [5, 5.41) is 4.95. The van der Waals surface area contributed by atoms with E-state index in [1.165, 1.54) is 16.5 Å². The molecule has 2 aromatic carbocycles. The molecule has 4 heteroatoms. The minimum absolute atomic E-state index is 0.259. The van der Waals surface area contributed by atoms with Gasteiger partial charge in [0.1, 0.15) is 0 Å².